The summed E-state index contributed by atoms with van der Waals surface area (Å²) in [5.41, 5.74) is 1.20. The van der Waals surface area contributed by atoms with Crippen molar-refractivity contribution in [3.8, 4) is 0 Å². The molecule has 5 nitrogen and oxygen atoms in total. The van der Waals surface area contributed by atoms with Crippen molar-refractivity contribution in [2.45, 2.75) is 25.7 Å². The van der Waals surface area contributed by atoms with E-state index in [4.69, 9.17) is 0 Å². The molecule has 1 aromatic carbocycles. The zero-order valence-corrected chi connectivity index (χ0v) is 15.6. The van der Waals surface area contributed by atoms with E-state index in [9.17, 15) is 15.0 Å². The number of amides is 1. The van der Waals surface area contributed by atoms with Gasteiger partial charge in [-0.25, -0.2) is 0 Å². The number of aliphatic hydroxyl groups excluding tert-OH is 2. The first-order valence-electron chi connectivity index (χ1n) is 9.95. The standard InChI is InChI=1S/C21H32N2O3/c24-15-18-8-10-22(11-9-18)12-19-13-23(14-20(19)16-25)21(26)7-6-17-4-2-1-3-5-17/h1-5,18-20,24-25H,6-16H2/t19-,20-/m0/s1. The molecule has 0 aromatic heterocycles. The van der Waals surface area contributed by atoms with E-state index in [1.807, 2.05) is 23.1 Å². The number of hydrogen-bond donors (Lipinski definition) is 2. The maximum atomic E-state index is 12.6. The number of aryl methyl sites for hydroxylation is 1. The summed E-state index contributed by atoms with van der Waals surface area (Å²) in [6.45, 7) is 4.87. The normalized spacial score (nSPS) is 24.9. The number of benzene rings is 1. The average molecular weight is 360 g/mol. The predicted octanol–water partition coefficient (Wildman–Crippen LogP) is 1.39. The fourth-order valence-electron chi connectivity index (χ4n) is 4.29. The molecule has 0 bridgehead atoms. The van der Waals surface area contributed by atoms with Gasteiger partial charge in [0.2, 0.25) is 5.91 Å². The van der Waals surface area contributed by atoms with E-state index in [0.29, 0.717) is 31.4 Å². The highest BCUT2D eigenvalue weighted by Gasteiger charge is 2.36. The summed E-state index contributed by atoms with van der Waals surface area (Å²) in [5, 5.41) is 19.0. The lowest BCUT2D eigenvalue weighted by Crippen LogP contribution is -2.40. The predicted molar refractivity (Wildman–Crippen MR) is 102 cm³/mol. The molecular weight excluding hydrogens is 328 g/mol. The number of hydrogen-bond acceptors (Lipinski definition) is 4. The summed E-state index contributed by atoms with van der Waals surface area (Å²) < 4.78 is 0. The molecule has 0 spiro atoms. The fourth-order valence-corrected chi connectivity index (χ4v) is 4.29. The molecule has 0 aliphatic carbocycles. The number of piperidine rings is 1. The smallest absolute Gasteiger partial charge is 0.222 e. The van der Waals surface area contributed by atoms with Gasteiger partial charge in [-0.1, -0.05) is 30.3 Å². The Bertz CT molecular complexity index is 558. The van der Waals surface area contributed by atoms with Crippen LogP contribution in [-0.2, 0) is 11.2 Å². The molecule has 2 heterocycles. The van der Waals surface area contributed by atoms with Crippen molar-refractivity contribution in [1.29, 1.82) is 0 Å². The van der Waals surface area contributed by atoms with Gasteiger partial charge in [0.15, 0.2) is 0 Å². The minimum atomic E-state index is 0.153. The molecular formula is C21H32N2O3. The molecule has 1 amide bonds. The molecule has 144 valence electrons. The van der Waals surface area contributed by atoms with Gasteiger partial charge < -0.3 is 20.0 Å². The van der Waals surface area contributed by atoms with Crippen molar-refractivity contribution >= 4 is 5.91 Å². The lowest BCUT2D eigenvalue weighted by molar-refractivity contribution is -0.130. The largest absolute Gasteiger partial charge is 0.396 e. The van der Waals surface area contributed by atoms with Crippen LogP contribution in [0.15, 0.2) is 30.3 Å². The summed E-state index contributed by atoms with van der Waals surface area (Å²) >= 11 is 0. The van der Waals surface area contributed by atoms with Crippen LogP contribution in [0.25, 0.3) is 0 Å². The molecule has 1 aromatic rings. The third-order valence-electron chi connectivity index (χ3n) is 6.09. The first kappa shape index (κ1) is 19.3. The number of carbonyl (C=O) groups excluding carboxylic acids is 1. The molecule has 2 N–H and O–H groups in total. The van der Waals surface area contributed by atoms with Gasteiger partial charge in [-0.05, 0) is 49.8 Å². The van der Waals surface area contributed by atoms with Crippen LogP contribution < -0.4 is 0 Å². The number of likely N-dealkylation sites (tertiary alicyclic amines) is 2. The number of rotatable bonds is 7. The number of carbonyl (C=O) groups is 1. The topological polar surface area (TPSA) is 64.0 Å². The molecule has 3 rings (SSSR count). The summed E-state index contributed by atoms with van der Waals surface area (Å²) in [4.78, 5) is 17.0. The second kappa shape index (κ2) is 9.49. The molecule has 0 radical (unpaired) electrons. The number of aliphatic hydroxyl groups is 2. The molecule has 0 unspecified atom stereocenters. The summed E-state index contributed by atoms with van der Waals surface area (Å²) in [5.74, 6) is 1.19. The summed E-state index contributed by atoms with van der Waals surface area (Å²) in [6, 6.07) is 10.1. The van der Waals surface area contributed by atoms with Crippen LogP contribution in [0.2, 0.25) is 0 Å². The van der Waals surface area contributed by atoms with Gasteiger partial charge in [-0.15, -0.1) is 0 Å². The maximum absolute atomic E-state index is 12.6. The zero-order chi connectivity index (χ0) is 18.4. The minimum Gasteiger partial charge on any atom is -0.396 e. The van der Waals surface area contributed by atoms with E-state index in [-0.39, 0.29) is 18.4 Å². The first-order chi connectivity index (χ1) is 12.7. The second-order valence-electron chi connectivity index (χ2n) is 7.91. The molecule has 0 saturated carbocycles. The van der Waals surface area contributed by atoms with Gasteiger partial charge in [0.25, 0.3) is 0 Å². The van der Waals surface area contributed by atoms with Crippen molar-refractivity contribution < 1.29 is 15.0 Å². The van der Waals surface area contributed by atoms with Crippen LogP contribution in [0.5, 0.6) is 0 Å². The lowest BCUT2D eigenvalue weighted by Gasteiger charge is -2.33. The quantitative estimate of drug-likeness (QED) is 0.771. The van der Waals surface area contributed by atoms with Crippen molar-refractivity contribution in [3.05, 3.63) is 35.9 Å². The third kappa shape index (κ3) is 5.06. The van der Waals surface area contributed by atoms with Crippen molar-refractivity contribution in [2.24, 2.45) is 17.8 Å². The molecule has 5 heteroatoms. The van der Waals surface area contributed by atoms with Gasteiger partial charge in [0.1, 0.15) is 0 Å². The highest BCUT2D eigenvalue weighted by atomic mass is 16.3. The number of nitrogens with zero attached hydrogens (tertiary/aromatic N) is 2. The Morgan fingerprint density at radius 3 is 2.35 bits per heavy atom. The van der Waals surface area contributed by atoms with Gasteiger partial charge in [-0.3, -0.25) is 4.79 Å². The molecule has 2 fully saturated rings. The Balaban J connectivity index is 1.47. The van der Waals surface area contributed by atoms with E-state index >= 15 is 0 Å². The highest BCUT2D eigenvalue weighted by Crippen LogP contribution is 2.27. The van der Waals surface area contributed by atoms with Gasteiger partial charge in [0, 0.05) is 45.2 Å². The van der Waals surface area contributed by atoms with Crippen LogP contribution in [-0.4, -0.2) is 71.9 Å². The molecule has 2 atom stereocenters. The monoisotopic (exact) mass is 360 g/mol. The van der Waals surface area contributed by atoms with Crippen molar-refractivity contribution in [2.75, 3.05) is 45.9 Å². The summed E-state index contributed by atoms with van der Waals surface area (Å²) in [6.07, 6.45) is 3.41. The van der Waals surface area contributed by atoms with E-state index in [1.54, 1.807) is 0 Å². The van der Waals surface area contributed by atoms with E-state index in [0.717, 1.165) is 45.4 Å². The van der Waals surface area contributed by atoms with Gasteiger partial charge in [-0.2, -0.15) is 0 Å². The average Bonchev–Trinajstić information content (AvgIpc) is 3.10. The van der Waals surface area contributed by atoms with Crippen molar-refractivity contribution in [3.63, 3.8) is 0 Å². The van der Waals surface area contributed by atoms with Gasteiger partial charge >= 0.3 is 0 Å². The Morgan fingerprint density at radius 1 is 1.00 bits per heavy atom. The van der Waals surface area contributed by atoms with Crippen LogP contribution in [0.4, 0.5) is 0 Å². The molecule has 26 heavy (non-hydrogen) atoms. The second-order valence-corrected chi connectivity index (χ2v) is 7.91. The Labute approximate surface area is 156 Å². The fraction of sp³-hybridized carbons (Fsp3) is 0.667. The first-order valence-corrected chi connectivity index (χ1v) is 9.95. The molecule has 2 saturated heterocycles. The minimum absolute atomic E-state index is 0.153. The third-order valence-corrected chi connectivity index (χ3v) is 6.09. The van der Waals surface area contributed by atoms with E-state index in [2.05, 4.69) is 17.0 Å². The zero-order valence-electron chi connectivity index (χ0n) is 15.6. The van der Waals surface area contributed by atoms with Crippen LogP contribution >= 0.6 is 0 Å². The summed E-state index contributed by atoms with van der Waals surface area (Å²) in [7, 11) is 0. The highest BCUT2D eigenvalue weighted by molar-refractivity contribution is 5.76. The van der Waals surface area contributed by atoms with Crippen molar-refractivity contribution in [1.82, 2.24) is 9.80 Å². The van der Waals surface area contributed by atoms with Crippen LogP contribution in [0.1, 0.15) is 24.8 Å². The Morgan fingerprint density at radius 2 is 1.69 bits per heavy atom. The molecule has 2 aliphatic rings. The Hall–Kier alpha value is -1.43. The van der Waals surface area contributed by atoms with E-state index < -0.39 is 0 Å². The van der Waals surface area contributed by atoms with Crippen LogP contribution in [0, 0.1) is 17.8 Å². The maximum Gasteiger partial charge on any atom is 0.222 e. The Kier molecular flexibility index (Phi) is 7.06. The molecule has 2 aliphatic heterocycles. The van der Waals surface area contributed by atoms with Crippen LogP contribution in [0.3, 0.4) is 0 Å². The lowest BCUT2D eigenvalue weighted by atomic mass is 9.93. The van der Waals surface area contributed by atoms with Gasteiger partial charge in [0.05, 0.1) is 0 Å². The van der Waals surface area contributed by atoms with E-state index in [1.165, 1.54) is 5.56 Å². The SMILES string of the molecule is O=C(CCc1ccccc1)N1C[C@@H](CO)[C@@H](CN2CCC(CO)CC2)C1.